The van der Waals surface area contributed by atoms with Crippen LogP contribution in [0.1, 0.15) is 278 Å². The highest BCUT2D eigenvalue weighted by molar-refractivity contribution is 4.97. The highest BCUT2D eigenvalue weighted by atomic mass is 15.4. The topological polar surface area (TPSA) is 6.48 Å². The van der Waals surface area contributed by atoms with E-state index in [1.807, 2.05) is 0 Å². The zero-order valence-electron chi connectivity index (χ0n) is 35.3. The van der Waals surface area contributed by atoms with Gasteiger partial charge in [-0.05, 0) is 25.7 Å². The molecule has 1 aliphatic rings. The molecule has 0 N–H and O–H groups in total. The molecular formula is C48H96N2. The maximum absolute atomic E-state index is 2.74. The van der Waals surface area contributed by atoms with Crippen LogP contribution in [0.3, 0.4) is 0 Å². The molecule has 0 radical (unpaired) electrons. The minimum atomic E-state index is 0.637. The SMILES string of the molecule is CCCCCCCCCCCCCCCCCN1C=CN(CCCCCCCCCCCC)C1CCCCCCCCCCCCCCCC. The van der Waals surface area contributed by atoms with Crippen LogP contribution in [-0.4, -0.2) is 29.1 Å². The van der Waals surface area contributed by atoms with Crippen molar-refractivity contribution in [3.63, 3.8) is 0 Å². The molecule has 0 saturated heterocycles. The third-order valence-electron chi connectivity index (χ3n) is 11.8. The number of unbranched alkanes of at least 4 members (excludes halogenated alkanes) is 36. The van der Waals surface area contributed by atoms with Gasteiger partial charge in [-0.15, -0.1) is 0 Å². The van der Waals surface area contributed by atoms with E-state index in [-0.39, 0.29) is 0 Å². The van der Waals surface area contributed by atoms with E-state index in [0.717, 1.165) is 0 Å². The predicted molar refractivity (Wildman–Crippen MR) is 228 cm³/mol. The van der Waals surface area contributed by atoms with Gasteiger partial charge in [0.2, 0.25) is 0 Å². The van der Waals surface area contributed by atoms with Crippen molar-refractivity contribution in [1.29, 1.82) is 0 Å². The van der Waals surface area contributed by atoms with Crippen molar-refractivity contribution in [2.75, 3.05) is 13.1 Å². The Morgan fingerprint density at radius 2 is 0.460 bits per heavy atom. The lowest BCUT2D eigenvalue weighted by molar-refractivity contribution is 0.135. The Kier molecular flexibility index (Phi) is 37.5. The molecule has 1 atom stereocenters. The van der Waals surface area contributed by atoms with Gasteiger partial charge in [-0.25, -0.2) is 0 Å². The number of hydrogen-bond donors (Lipinski definition) is 0. The van der Waals surface area contributed by atoms with E-state index in [9.17, 15) is 0 Å². The Hall–Kier alpha value is -0.660. The molecule has 1 rings (SSSR count). The van der Waals surface area contributed by atoms with Crippen molar-refractivity contribution in [2.45, 2.75) is 284 Å². The zero-order chi connectivity index (χ0) is 35.8. The fourth-order valence-electron chi connectivity index (χ4n) is 8.31. The van der Waals surface area contributed by atoms with Crippen LogP contribution >= 0.6 is 0 Å². The third-order valence-corrected chi connectivity index (χ3v) is 11.8. The summed E-state index contributed by atoms with van der Waals surface area (Å²) in [5.74, 6) is 0. The van der Waals surface area contributed by atoms with E-state index < -0.39 is 0 Å². The van der Waals surface area contributed by atoms with Gasteiger partial charge in [-0.3, -0.25) is 0 Å². The molecule has 1 heterocycles. The second-order valence-electron chi connectivity index (χ2n) is 16.8. The summed E-state index contributed by atoms with van der Waals surface area (Å²) in [5.41, 5.74) is 0. The van der Waals surface area contributed by atoms with Gasteiger partial charge >= 0.3 is 0 Å². The number of nitrogens with zero attached hydrogens (tertiary/aromatic N) is 2. The van der Waals surface area contributed by atoms with Crippen LogP contribution in [0.25, 0.3) is 0 Å². The van der Waals surface area contributed by atoms with Crippen LogP contribution in [0.5, 0.6) is 0 Å². The molecule has 0 saturated carbocycles. The first kappa shape index (κ1) is 47.4. The fraction of sp³-hybridized carbons (Fsp3) is 0.958. The quantitative estimate of drug-likeness (QED) is 0.0585. The van der Waals surface area contributed by atoms with Crippen LogP contribution in [-0.2, 0) is 0 Å². The first-order valence-electron chi connectivity index (χ1n) is 24.0. The van der Waals surface area contributed by atoms with Gasteiger partial charge < -0.3 is 9.80 Å². The highest BCUT2D eigenvalue weighted by Gasteiger charge is 2.24. The summed E-state index contributed by atoms with van der Waals surface area (Å²) in [5, 5.41) is 0. The summed E-state index contributed by atoms with van der Waals surface area (Å²) in [6, 6.07) is 0. The van der Waals surface area contributed by atoms with Gasteiger partial charge in [0.25, 0.3) is 0 Å². The number of hydrogen-bond acceptors (Lipinski definition) is 2. The van der Waals surface area contributed by atoms with E-state index >= 15 is 0 Å². The molecule has 0 aromatic carbocycles. The molecule has 298 valence electrons. The summed E-state index contributed by atoms with van der Waals surface area (Å²) in [4.78, 5) is 5.47. The highest BCUT2D eigenvalue weighted by Crippen LogP contribution is 2.24. The minimum Gasteiger partial charge on any atom is -0.356 e. The lowest BCUT2D eigenvalue weighted by Crippen LogP contribution is -2.39. The largest absolute Gasteiger partial charge is 0.356 e. The lowest BCUT2D eigenvalue weighted by atomic mass is 10.0. The zero-order valence-corrected chi connectivity index (χ0v) is 35.3. The average molecular weight is 701 g/mol. The van der Waals surface area contributed by atoms with Crippen LogP contribution in [0.15, 0.2) is 12.4 Å². The molecule has 0 aromatic rings. The minimum absolute atomic E-state index is 0.637. The van der Waals surface area contributed by atoms with Crippen LogP contribution in [0, 0.1) is 0 Å². The molecule has 0 aliphatic carbocycles. The van der Waals surface area contributed by atoms with Crippen molar-refractivity contribution in [2.24, 2.45) is 0 Å². The van der Waals surface area contributed by atoms with Crippen LogP contribution < -0.4 is 0 Å². The lowest BCUT2D eigenvalue weighted by Gasteiger charge is -2.33. The summed E-state index contributed by atoms with van der Waals surface area (Å²) >= 11 is 0. The van der Waals surface area contributed by atoms with Crippen molar-refractivity contribution < 1.29 is 0 Å². The monoisotopic (exact) mass is 701 g/mol. The molecular weight excluding hydrogens is 605 g/mol. The summed E-state index contributed by atoms with van der Waals surface area (Å²) in [6.07, 6.45) is 63.4. The Bertz CT molecular complexity index is 659. The second-order valence-corrected chi connectivity index (χ2v) is 16.8. The first-order valence-corrected chi connectivity index (χ1v) is 24.0. The molecule has 0 aromatic heterocycles. The standard InChI is InChI=1S/C48H96N2/c1-4-7-10-13-16-19-22-24-26-28-30-33-36-39-42-45-50-47-46-49(44-41-38-35-32-21-18-15-12-9-6-3)48(50)43-40-37-34-31-29-27-25-23-20-17-14-11-8-5-2/h46-48H,4-45H2,1-3H3. The van der Waals surface area contributed by atoms with Gasteiger partial charge in [-0.1, -0.05) is 252 Å². The molecule has 0 spiro atoms. The second kappa shape index (κ2) is 39.5. The van der Waals surface area contributed by atoms with Crippen molar-refractivity contribution in [1.82, 2.24) is 9.80 Å². The summed E-state index contributed by atoms with van der Waals surface area (Å²) < 4.78 is 0. The Balaban J connectivity index is 2.19. The van der Waals surface area contributed by atoms with Crippen molar-refractivity contribution in [3.8, 4) is 0 Å². The van der Waals surface area contributed by atoms with E-state index in [1.54, 1.807) is 0 Å². The van der Waals surface area contributed by atoms with E-state index in [2.05, 4.69) is 43.0 Å². The molecule has 0 amide bonds. The smallest absolute Gasteiger partial charge is 0.101 e. The van der Waals surface area contributed by atoms with Gasteiger partial charge in [-0.2, -0.15) is 0 Å². The Labute approximate surface area is 318 Å². The molecule has 1 aliphatic heterocycles. The van der Waals surface area contributed by atoms with Gasteiger partial charge in [0.1, 0.15) is 6.17 Å². The van der Waals surface area contributed by atoms with Crippen molar-refractivity contribution in [3.05, 3.63) is 12.4 Å². The van der Waals surface area contributed by atoms with E-state index in [0.29, 0.717) is 6.17 Å². The normalized spacial score (nSPS) is 14.5. The number of rotatable bonds is 42. The Morgan fingerprint density at radius 3 is 0.700 bits per heavy atom. The molecule has 2 nitrogen and oxygen atoms in total. The Morgan fingerprint density at radius 1 is 0.260 bits per heavy atom. The first-order chi connectivity index (χ1) is 24.8. The predicted octanol–water partition coefficient (Wildman–Crippen LogP) is 17.1. The summed E-state index contributed by atoms with van der Waals surface area (Å²) in [7, 11) is 0. The maximum Gasteiger partial charge on any atom is 0.101 e. The van der Waals surface area contributed by atoms with E-state index in [1.165, 1.54) is 270 Å². The van der Waals surface area contributed by atoms with Gasteiger partial charge in [0, 0.05) is 25.5 Å². The molecule has 0 bridgehead atoms. The van der Waals surface area contributed by atoms with Gasteiger partial charge in [0.05, 0.1) is 0 Å². The maximum atomic E-state index is 2.74. The van der Waals surface area contributed by atoms with Gasteiger partial charge in [0.15, 0.2) is 0 Å². The summed E-state index contributed by atoms with van der Waals surface area (Å²) in [6.45, 7) is 9.49. The fourth-order valence-corrected chi connectivity index (χ4v) is 8.31. The molecule has 0 fully saturated rings. The van der Waals surface area contributed by atoms with Crippen LogP contribution in [0.4, 0.5) is 0 Å². The van der Waals surface area contributed by atoms with Crippen LogP contribution in [0.2, 0.25) is 0 Å². The van der Waals surface area contributed by atoms with E-state index in [4.69, 9.17) is 0 Å². The molecule has 2 heteroatoms. The molecule has 50 heavy (non-hydrogen) atoms. The molecule has 1 unspecified atom stereocenters. The third kappa shape index (κ3) is 30.9. The van der Waals surface area contributed by atoms with Crippen molar-refractivity contribution >= 4 is 0 Å². The average Bonchev–Trinajstić information content (AvgIpc) is 3.51.